The molecule has 0 bridgehead atoms. The third-order valence-electron chi connectivity index (χ3n) is 4.99. The molecule has 0 aliphatic carbocycles. The highest BCUT2D eigenvalue weighted by Gasteiger charge is 2.30. The molecule has 0 saturated carbocycles. The van der Waals surface area contributed by atoms with E-state index in [1.54, 1.807) is 36.4 Å². The van der Waals surface area contributed by atoms with E-state index in [0.717, 1.165) is 12.1 Å². The van der Waals surface area contributed by atoms with Crippen LogP contribution in [0.25, 0.3) is 11.1 Å². The maximum absolute atomic E-state index is 13.0. The lowest BCUT2D eigenvalue weighted by Gasteiger charge is -2.08. The number of amides is 2. The Bertz CT molecular complexity index is 1360. The van der Waals surface area contributed by atoms with Crippen molar-refractivity contribution in [1.29, 1.82) is 0 Å². The quantitative estimate of drug-likeness (QED) is 0.340. The maximum Gasteiger partial charge on any atom is 0.416 e. The van der Waals surface area contributed by atoms with E-state index in [0.29, 0.717) is 28.3 Å². The molecule has 2 aromatic heterocycles. The van der Waals surface area contributed by atoms with E-state index in [9.17, 15) is 22.8 Å². The van der Waals surface area contributed by atoms with Crippen LogP contribution in [0, 0.1) is 0 Å². The minimum atomic E-state index is -4.45. The van der Waals surface area contributed by atoms with Crippen LogP contribution in [0.2, 0.25) is 0 Å². The van der Waals surface area contributed by atoms with Gasteiger partial charge in [0.15, 0.2) is 0 Å². The Kier molecular flexibility index (Phi) is 6.54. The minimum Gasteiger partial charge on any atom is -0.457 e. The Balaban J connectivity index is 1.42. The van der Waals surface area contributed by atoms with E-state index in [1.165, 1.54) is 37.6 Å². The van der Waals surface area contributed by atoms with Crippen molar-refractivity contribution in [2.75, 3.05) is 12.4 Å². The monoisotopic (exact) mass is 480 g/mol. The molecule has 10 heteroatoms. The van der Waals surface area contributed by atoms with Crippen molar-refractivity contribution in [2.24, 2.45) is 0 Å². The van der Waals surface area contributed by atoms with Gasteiger partial charge in [0.1, 0.15) is 22.9 Å². The van der Waals surface area contributed by atoms with Crippen LogP contribution in [0.5, 0.6) is 11.5 Å². The molecular weight excluding hydrogens is 461 g/mol. The summed E-state index contributed by atoms with van der Waals surface area (Å²) in [6.45, 7) is 0. The number of halogens is 3. The summed E-state index contributed by atoms with van der Waals surface area (Å²) < 4.78 is 44.6. The van der Waals surface area contributed by atoms with Crippen molar-refractivity contribution in [1.82, 2.24) is 15.3 Å². The maximum atomic E-state index is 13.0. The number of benzene rings is 2. The number of alkyl halides is 3. The zero-order valence-electron chi connectivity index (χ0n) is 18.3. The predicted molar refractivity (Wildman–Crippen MR) is 123 cm³/mol. The summed E-state index contributed by atoms with van der Waals surface area (Å²) in [6, 6.07) is 16.0. The number of carbonyl (C=O) groups excluding carboxylic acids is 2. The number of anilines is 1. The molecule has 178 valence electrons. The van der Waals surface area contributed by atoms with Gasteiger partial charge in [0.2, 0.25) is 0 Å². The van der Waals surface area contributed by atoms with E-state index >= 15 is 0 Å². The largest absolute Gasteiger partial charge is 0.457 e. The Hall–Kier alpha value is -4.60. The van der Waals surface area contributed by atoms with Gasteiger partial charge in [-0.25, -0.2) is 0 Å². The summed E-state index contributed by atoms with van der Waals surface area (Å²) in [5, 5.41) is 5.20. The molecule has 0 atom stereocenters. The zero-order chi connectivity index (χ0) is 25.0. The van der Waals surface area contributed by atoms with Gasteiger partial charge in [-0.1, -0.05) is 12.1 Å². The second-order valence-electron chi connectivity index (χ2n) is 7.42. The third kappa shape index (κ3) is 5.67. The average molecular weight is 480 g/mol. The smallest absolute Gasteiger partial charge is 0.416 e. The molecule has 0 spiro atoms. The minimum absolute atomic E-state index is 0.191. The number of aromatic amines is 1. The molecule has 0 fully saturated rings. The molecule has 3 N–H and O–H groups in total. The number of nitrogens with zero attached hydrogens (tertiary/aromatic N) is 1. The first-order chi connectivity index (χ1) is 16.7. The number of pyridine rings is 1. The van der Waals surface area contributed by atoms with Crippen LogP contribution in [0.4, 0.5) is 18.9 Å². The third-order valence-corrected chi connectivity index (χ3v) is 4.99. The molecule has 0 saturated heterocycles. The summed E-state index contributed by atoms with van der Waals surface area (Å²) in [4.78, 5) is 31.1. The molecule has 2 heterocycles. The highest BCUT2D eigenvalue weighted by Crippen LogP contribution is 2.32. The van der Waals surface area contributed by atoms with E-state index in [2.05, 4.69) is 20.6 Å². The number of rotatable bonds is 6. The van der Waals surface area contributed by atoms with Crippen LogP contribution in [-0.2, 0) is 6.18 Å². The number of ether oxygens (including phenoxy) is 1. The van der Waals surface area contributed by atoms with Gasteiger partial charge in [-0.15, -0.1) is 0 Å². The molecule has 2 aromatic carbocycles. The van der Waals surface area contributed by atoms with Crippen LogP contribution in [-0.4, -0.2) is 28.8 Å². The first-order valence-electron chi connectivity index (χ1n) is 10.4. The molecule has 4 rings (SSSR count). The number of aromatic nitrogens is 2. The highest BCUT2D eigenvalue weighted by molar-refractivity contribution is 6.03. The topological polar surface area (TPSA) is 96.1 Å². The fourth-order valence-electron chi connectivity index (χ4n) is 3.23. The Morgan fingerprint density at radius 3 is 2.40 bits per heavy atom. The molecular formula is C25H19F3N4O3. The fraction of sp³-hybridized carbons (Fsp3) is 0.0800. The Morgan fingerprint density at radius 2 is 1.69 bits per heavy atom. The van der Waals surface area contributed by atoms with Gasteiger partial charge in [0.05, 0.1) is 5.56 Å². The number of H-pyrrole nitrogens is 1. The average Bonchev–Trinajstić information content (AvgIpc) is 3.35. The van der Waals surface area contributed by atoms with Crippen molar-refractivity contribution in [3.8, 4) is 22.6 Å². The van der Waals surface area contributed by atoms with Gasteiger partial charge in [0, 0.05) is 31.2 Å². The molecule has 0 aliphatic rings. The van der Waals surface area contributed by atoms with Gasteiger partial charge in [-0.2, -0.15) is 13.2 Å². The molecule has 2 amide bonds. The number of carbonyl (C=O) groups is 2. The molecule has 0 unspecified atom stereocenters. The molecule has 0 aliphatic heterocycles. The van der Waals surface area contributed by atoms with Crippen molar-refractivity contribution < 1.29 is 27.5 Å². The lowest BCUT2D eigenvalue weighted by molar-refractivity contribution is -0.137. The van der Waals surface area contributed by atoms with E-state index < -0.39 is 17.6 Å². The van der Waals surface area contributed by atoms with Gasteiger partial charge < -0.3 is 20.4 Å². The molecule has 4 aromatic rings. The standard InChI is InChI=1S/C25H19F3N4O3/c1-29-23(33)22-13-20(9-10-30-22)35-19-7-5-18(6-8-19)32-24(34)21-12-16(14-31-21)15-3-2-4-17(11-15)25(26,27)28/h2-14,31H,1H3,(H,29,33)(H,32,34). The van der Waals surface area contributed by atoms with Crippen LogP contribution < -0.4 is 15.4 Å². The predicted octanol–water partition coefficient (Wildman–Crippen LogP) is 5.50. The normalized spacial score (nSPS) is 11.1. The summed E-state index contributed by atoms with van der Waals surface area (Å²) in [5.41, 5.74) is 0.922. The highest BCUT2D eigenvalue weighted by atomic mass is 19.4. The number of hydrogen-bond donors (Lipinski definition) is 3. The second-order valence-corrected chi connectivity index (χ2v) is 7.42. The second kappa shape index (κ2) is 9.72. The van der Waals surface area contributed by atoms with Gasteiger partial charge >= 0.3 is 6.18 Å². The van der Waals surface area contributed by atoms with Gasteiger partial charge in [0.25, 0.3) is 11.8 Å². The SMILES string of the molecule is CNC(=O)c1cc(Oc2ccc(NC(=O)c3cc(-c4cccc(C(F)(F)F)c4)c[nH]3)cc2)ccn1. The summed E-state index contributed by atoms with van der Waals surface area (Å²) in [5.74, 6) is 0.0999. The Labute approximate surface area is 198 Å². The first kappa shape index (κ1) is 23.6. The summed E-state index contributed by atoms with van der Waals surface area (Å²) >= 11 is 0. The van der Waals surface area contributed by atoms with Crippen LogP contribution in [0.1, 0.15) is 26.5 Å². The van der Waals surface area contributed by atoms with Crippen molar-refractivity contribution in [3.63, 3.8) is 0 Å². The van der Waals surface area contributed by atoms with E-state index in [1.807, 2.05) is 0 Å². The van der Waals surface area contributed by atoms with Gasteiger partial charge in [-0.05, 0) is 59.7 Å². The van der Waals surface area contributed by atoms with Crippen molar-refractivity contribution in [3.05, 3.63) is 96.1 Å². The van der Waals surface area contributed by atoms with Crippen LogP contribution in [0.15, 0.2) is 79.1 Å². The summed E-state index contributed by atoms with van der Waals surface area (Å²) in [6.07, 6.45) is -1.52. The van der Waals surface area contributed by atoms with E-state index in [-0.39, 0.29) is 17.3 Å². The molecule has 7 nitrogen and oxygen atoms in total. The number of hydrogen-bond acceptors (Lipinski definition) is 4. The fourth-order valence-corrected chi connectivity index (χ4v) is 3.23. The van der Waals surface area contributed by atoms with Crippen LogP contribution in [0.3, 0.4) is 0 Å². The molecule has 0 radical (unpaired) electrons. The van der Waals surface area contributed by atoms with Crippen LogP contribution >= 0.6 is 0 Å². The summed E-state index contributed by atoms with van der Waals surface area (Å²) in [7, 11) is 1.50. The van der Waals surface area contributed by atoms with Crippen molar-refractivity contribution in [2.45, 2.75) is 6.18 Å². The Morgan fingerprint density at radius 1 is 0.914 bits per heavy atom. The first-order valence-corrected chi connectivity index (χ1v) is 10.4. The van der Waals surface area contributed by atoms with Crippen molar-refractivity contribution >= 4 is 17.5 Å². The van der Waals surface area contributed by atoms with E-state index in [4.69, 9.17) is 4.74 Å². The number of nitrogens with one attached hydrogen (secondary N) is 3. The lowest BCUT2D eigenvalue weighted by Crippen LogP contribution is -2.18. The lowest BCUT2D eigenvalue weighted by atomic mass is 10.1. The van der Waals surface area contributed by atoms with Gasteiger partial charge in [-0.3, -0.25) is 14.6 Å². The zero-order valence-corrected chi connectivity index (χ0v) is 18.3. The molecule has 35 heavy (non-hydrogen) atoms.